The number of nitrogens with two attached hydrogens (primary N) is 1. The van der Waals surface area contributed by atoms with Gasteiger partial charge in [0.25, 0.3) is 0 Å². The number of alkyl halides is 3. The molecule has 1 amide bonds. The van der Waals surface area contributed by atoms with Crippen LogP contribution in [-0.2, 0) is 4.79 Å². The highest BCUT2D eigenvalue weighted by Gasteiger charge is 2.58. The molecule has 1 aromatic heterocycles. The first kappa shape index (κ1) is 29.7. The third kappa shape index (κ3) is 6.35. The van der Waals surface area contributed by atoms with Crippen LogP contribution in [0.15, 0.2) is 36.5 Å². The second-order valence-corrected chi connectivity index (χ2v) is 11.7. The average molecular weight is 581 g/mol. The van der Waals surface area contributed by atoms with Gasteiger partial charge in [0.15, 0.2) is 0 Å². The van der Waals surface area contributed by atoms with Crippen LogP contribution in [-0.4, -0.2) is 82.0 Å². The molecule has 3 aliphatic rings. The number of piperidine rings is 1. The van der Waals surface area contributed by atoms with E-state index in [1.807, 2.05) is 4.90 Å². The fourth-order valence-corrected chi connectivity index (χ4v) is 6.21. The van der Waals surface area contributed by atoms with E-state index < -0.39 is 41.7 Å². The van der Waals surface area contributed by atoms with Crippen LogP contribution in [0.3, 0.4) is 0 Å². The molecule has 1 aliphatic carbocycles. The number of hydrogen-bond acceptors (Lipinski definition) is 7. The van der Waals surface area contributed by atoms with Crippen LogP contribution >= 0.6 is 0 Å². The van der Waals surface area contributed by atoms with Gasteiger partial charge >= 0.3 is 6.18 Å². The number of hydrogen-bond donors (Lipinski definition) is 3. The first-order valence-corrected chi connectivity index (χ1v) is 14.0. The smallest absolute Gasteiger partial charge is 0.395 e. The number of carbonyl (C=O) groups is 1. The molecule has 3 heterocycles. The fourth-order valence-electron chi connectivity index (χ4n) is 6.21. The van der Waals surface area contributed by atoms with Crippen LogP contribution in [0.2, 0.25) is 0 Å². The Bertz CT molecular complexity index is 1220. The van der Waals surface area contributed by atoms with Gasteiger partial charge in [-0.05, 0) is 68.8 Å². The maximum atomic E-state index is 15.0. The number of β-amino-alcohol motifs (C(OH)–C–C–N with tert-alkyl or cyclic N) is 1. The van der Waals surface area contributed by atoms with Crippen LogP contribution < -0.4 is 10.5 Å². The van der Waals surface area contributed by atoms with Crippen molar-refractivity contribution in [3.63, 3.8) is 0 Å². The first-order valence-electron chi connectivity index (χ1n) is 14.0. The lowest BCUT2D eigenvalue weighted by molar-refractivity contribution is -0.256. The number of nitrogens with zero attached hydrogens (tertiary/aromatic N) is 3. The summed E-state index contributed by atoms with van der Waals surface area (Å²) in [6.07, 6.45) is -2.08. The Hall–Kier alpha value is -2.80. The highest BCUT2D eigenvalue weighted by Crippen LogP contribution is 2.53. The monoisotopic (exact) mass is 580 g/mol. The molecule has 224 valence electrons. The van der Waals surface area contributed by atoms with E-state index in [-0.39, 0.29) is 49.4 Å². The quantitative estimate of drug-likeness (QED) is 0.389. The Morgan fingerprint density at radius 1 is 1.20 bits per heavy atom. The molecule has 0 spiro atoms. The topological polar surface area (TPSA) is 112 Å². The largest absolute Gasteiger partial charge is 0.477 e. The van der Waals surface area contributed by atoms with Crippen molar-refractivity contribution in [3.05, 3.63) is 47.9 Å². The Kier molecular flexibility index (Phi) is 8.56. The van der Waals surface area contributed by atoms with Gasteiger partial charge in [-0.3, -0.25) is 9.69 Å². The van der Waals surface area contributed by atoms with Crippen molar-refractivity contribution in [2.24, 2.45) is 17.1 Å². The summed E-state index contributed by atoms with van der Waals surface area (Å²) in [4.78, 5) is 19.3. The maximum Gasteiger partial charge on any atom is 0.395 e. The number of rotatable bonds is 9. The summed E-state index contributed by atoms with van der Waals surface area (Å²) in [5.41, 5.74) is 4.85. The molecule has 0 radical (unpaired) electrons. The Labute approximate surface area is 236 Å². The normalized spacial score (nSPS) is 24.6. The molecule has 4 N–H and O–H groups in total. The first-order chi connectivity index (χ1) is 19.5. The lowest BCUT2D eigenvalue weighted by atomic mass is 9.67. The molecular weight excluding hydrogens is 544 g/mol. The van der Waals surface area contributed by atoms with E-state index >= 15 is 4.39 Å². The second-order valence-electron chi connectivity index (χ2n) is 11.7. The molecule has 2 saturated heterocycles. The standard InChI is InChI=1S/C29H36F4N4O4/c30-23-12-19(27(40)37-15-21(38)13-24(37)26(34)39)2-4-22(23)20-3-5-25(35-14-20)41-16-18-6-10-36(11-7-18)17-28(8-1-9-28)29(31,32)33/h2-5,12,14,18,21,24,27,38,40H,1,6-11,13,15-17H2,(H2,34,39)/t21-,24+,27?/m1/s1. The SMILES string of the molecule is NC(=O)[C@@H]1C[C@@H](O)CN1C(O)c1ccc(-c2ccc(OCC3CCN(CC4(C(F)(F)F)CCC4)CC3)nc2)c(F)c1. The molecule has 2 aromatic rings. The van der Waals surface area contributed by atoms with Crippen LogP contribution in [0, 0.1) is 17.2 Å². The number of primary amides is 1. The van der Waals surface area contributed by atoms with Crippen LogP contribution in [0.5, 0.6) is 5.88 Å². The molecule has 12 heteroatoms. The zero-order valence-corrected chi connectivity index (χ0v) is 22.7. The number of pyridine rings is 1. The number of ether oxygens (including phenoxy) is 1. The molecule has 5 rings (SSSR count). The number of likely N-dealkylation sites (tertiary alicyclic amines) is 2. The lowest BCUT2D eigenvalue weighted by Crippen LogP contribution is -2.53. The summed E-state index contributed by atoms with van der Waals surface area (Å²) < 4.78 is 61.4. The highest BCUT2D eigenvalue weighted by molar-refractivity contribution is 5.80. The fraction of sp³-hybridized carbons (Fsp3) is 0.586. The van der Waals surface area contributed by atoms with Crippen molar-refractivity contribution in [2.75, 3.05) is 32.8 Å². The predicted octanol–water partition coefficient (Wildman–Crippen LogP) is 3.62. The number of aromatic nitrogens is 1. The predicted molar refractivity (Wildman–Crippen MR) is 142 cm³/mol. The lowest BCUT2D eigenvalue weighted by Gasteiger charge is -2.47. The Balaban J connectivity index is 1.13. The zero-order chi connectivity index (χ0) is 29.4. The molecule has 1 unspecified atom stereocenters. The van der Waals surface area contributed by atoms with Crippen molar-refractivity contribution in [3.8, 4) is 17.0 Å². The van der Waals surface area contributed by atoms with Crippen molar-refractivity contribution in [1.82, 2.24) is 14.8 Å². The Morgan fingerprint density at radius 2 is 1.93 bits per heavy atom. The average Bonchev–Trinajstić information content (AvgIpc) is 3.31. The number of carbonyl (C=O) groups excluding carboxylic acids is 1. The molecule has 3 fully saturated rings. The van der Waals surface area contributed by atoms with Crippen LogP contribution in [0.4, 0.5) is 17.6 Å². The third-order valence-electron chi connectivity index (χ3n) is 8.91. The molecule has 8 nitrogen and oxygen atoms in total. The van der Waals surface area contributed by atoms with Gasteiger partial charge in [0, 0.05) is 36.5 Å². The van der Waals surface area contributed by atoms with Gasteiger partial charge < -0.3 is 25.6 Å². The van der Waals surface area contributed by atoms with E-state index in [0.717, 1.165) is 12.8 Å². The van der Waals surface area contributed by atoms with Crippen molar-refractivity contribution >= 4 is 5.91 Å². The number of aliphatic hydroxyl groups is 2. The molecule has 41 heavy (non-hydrogen) atoms. The van der Waals surface area contributed by atoms with Crippen molar-refractivity contribution in [1.29, 1.82) is 0 Å². The summed E-state index contributed by atoms with van der Waals surface area (Å²) in [6.45, 7) is 1.76. The third-order valence-corrected chi connectivity index (χ3v) is 8.91. The number of halogens is 4. The van der Waals surface area contributed by atoms with E-state index in [0.29, 0.717) is 37.6 Å². The van der Waals surface area contributed by atoms with E-state index in [2.05, 4.69) is 4.98 Å². The van der Waals surface area contributed by atoms with E-state index in [1.54, 1.807) is 18.2 Å². The molecule has 2 aliphatic heterocycles. The van der Waals surface area contributed by atoms with Crippen molar-refractivity contribution < 1.29 is 37.3 Å². The van der Waals surface area contributed by atoms with Crippen LogP contribution in [0.25, 0.3) is 11.1 Å². The summed E-state index contributed by atoms with van der Waals surface area (Å²) >= 11 is 0. The molecule has 3 atom stereocenters. The van der Waals surface area contributed by atoms with Gasteiger partial charge in [-0.25, -0.2) is 9.37 Å². The van der Waals surface area contributed by atoms with Gasteiger partial charge in [0.05, 0.1) is 24.2 Å². The summed E-state index contributed by atoms with van der Waals surface area (Å²) in [5.74, 6) is -0.662. The zero-order valence-electron chi connectivity index (χ0n) is 22.7. The van der Waals surface area contributed by atoms with Gasteiger partial charge in [-0.1, -0.05) is 18.6 Å². The van der Waals surface area contributed by atoms with Gasteiger partial charge in [-0.2, -0.15) is 13.2 Å². The highest BCUT2D eigenvalue weighted by atomic mass is 19.4. The van der Waals surface area contributed by atoms with Crippen LogP contribution in [0.1, 0.15) is 50.3 Å². The number of benzene rings is 1. The summed E-state index contributed by atoms with van der Waals surface area (Å²) in [7, 11) is 0. The van der Waals surface area contributed by atoms with Gasteiger partial charge in [-0.15, -0.1) is 0 Å². The molecule has 1 saturated carbocycles. The molecular formula is C29H36F4N4O4. The summed E-state index contributed by atoms with van der Waals surface area (Å²) in [6, 6.07) is 6.71. The Morgan fingerprint density at radius 3 is 2.49 bits per heavy atom. The minimum absolute atomic E-state index is 0.0431. The maximum absolute atomic E-state index is 15.0. The number of amides is 1. The second kappa shape index (κ2) is 11.8. The minimum atomic E-state index is -4.15. The van der Waals surface area contributed by atoms with E-state index in [9.17, 15) is 28.2 Å². The minimum Gasteiger partial charge on any atom is -0.477 e. The molecule has 1 aromatic carbocycles. The van der Waals surface area contributed by atoms with E-state index in [1.165, 1.54) is 23.2 Å². The number of aliphatic hydroxyl groups excluding tert-OH is 2. The van der Waals surface area contributed by atoms with Crippen molar-refractivity contribution in [2.45, 2.75) is 63.1 Å². The van der Waals surface area contributed by atoms with Gasteiger partial charge in [0.2, 0.25) is 11.8 Å². The molecule has 0 bridgehead atoms. The summed E-state index contributed by atoms with van der Waals surface area (Å²) in [5, 5.41) is 20.6. The van der Waals surface area contributed by atoms with E-state index in [4.69, 9.17) is 10.5 Å². The van der Waals surface area contributed by atoms with Gasteiger partial charge in [0.1, 0.15) is 12.0 Å².